The maximum Gasteiger partial charge on any atom is 0.0453 e. The molecule has 1 aliphatic carbocycles. The lowest BCUT2D eigenvalue weighted by Gasteiger charge is -2.35. The summed E-state index contributed by atoms with van der Waals surface area (Å²) in [6.07, 6.45) is 6.78. The second-order valence-electron chi connectivity index (χ2n) is 5.76. The molecule has 0 bridgehead atoms. The van der Waals surface area contributed by atoms with Gasteiger partial charge in [-0.15, -0.1) is 0 Å². The zero-order valence-corrected chi connectivity index (χ0v) is 12.9. The molecule has 3 atom stereocenters. The molecule has 0 amide bonds. The Bertz CT molecular complexity index is 391. The molecule has 0 saturated heterocycles. The first-order valence-electron chi connectivity index (χ1n) is 7.74. The van der Waals surface area contributed by atoms with Crippen LogP contribution in [0.3, 0.4) is 0 Å². The summed E-state index contributed by atoms with van der Waals surface area (Å²) >= 11 is 6.40. The maximum absolute atomic E-state index is 6.40. The molecule has 1 aromatic rings. The van der Waals surface area contributed by atoms with E-state index in [1.807, 2.05) is 12.1 Å². The van der Waals surface area contributed by atoms with Crippen molar-refractivity contribution in [1.29, 1.82) is 0 Å². The van der Waals surface area contributed by atoms with Crippen LogP contribution < -0.4 is 5.32 Å². The average molecular weight is 280 g/mol. The molecule has 0 heterocycles. The van der Waals surface area contributed by atoms with Crippen molar-refractivity contribution in [3.63, 3.8) is 0 Å². The van der Waals surface area contributed by atoms with Crippen molar-refractivity contribution in [2.45, 2.75) is 52.0 Å². The molecular weight excluding hydrogens is 254 g/mol. The van der Waals surface area contributed by atoms with Crippen LogP contribution in [-0.2, 0) is 0 Å². The Morgan fingerprint density at radius 1 is 1.26 bits per heavy atom. The molecule has 1 aliphatic rings. The van der Waals surface area contributed by atoms with E-state index >= 15 is 0 Å². The lowest BCUT2D eigenvalue weighted by molar-refractivity contribution is 0.210. The Morgan fingerprint density at radius 2 is 2.05 bits per heavy atom. The Kier molecular flexibility index (Phi) is 5.72. The first-order valence-corrected chi connectivity index (χ1v) is 8.11. The van der Waals surface area contributed by atoms with Crippen molar-refractivity contribution < 1.29 is 0 Å². The second-order valence-corrected chi connectivity index (χ2v) is 6.17. The molecule has 0 aliphatic heterocycles. The molecule has 2 heteroatoms. The highest BCUT2D eigenvalue weighted by atomic mass is 35.5. The third-order valence-corrected chi connectivity index (χ3v) is 4.88. The van der Waals surface area contributed by atoms with E-state index in [1.165, 1.54) is 37.7 Å². The molecule has 106 valence electrons. The molecule has 1 fully saturated rings. The van der Waals surface area contributed by atoms with Crippen molar-refractivity contribution in [3.05, 3.63) is 34.9 Å². The van der Waals surface area contributed by atoms with Gasteiger partial charge < -0.3 is 5.32 Å². The summed E-state index contributed by atoms with van der Waals surface area (Å²) in [6.45, 7) is 5.51. The molecule has 3 unspecified atom stereocenters. The molecule has 0 aromatic heterocycles. The predicted octanol–water partition coefficient (Wildman–Crippen LogP) is 5.21. The molecule has 1 aromatic carbocycles. The fraction of sp³-hybridized carbons (Fsp3) is 0.647. The van der Waals surface area contributed by atoms with E-state index in [1.54, 1.807) is 0 Å². The van der Waals surface area contributed by atoms with Crippen LogP contribution in [0, 0.1) is 11.8 Å². The fourth-order valence-corrected chi connectivity index (χ4v) is 3.74. The summed E-state index contributed by atoms with van der Waals surface area (Å²) in [5.41, 5.74) is 1.28. The maximum atomic E-state index is 6.40. The van der Waals surface area contributed by atoms with E-state index in [0.717, 1.165) is 23.4 Å². The number of hydrogen-bond acceptors (Lipinski definition) is 1. The van der Waals surface area contributed by atoms with Crippen molar-refractivity contribution in [1.82, 2.24) is 5.32 Å². The van der Waals surface area contributed by atoms with Crippen LogP contribution in [0.5, 0.6) is 0 Å². The zero-order chi connectivity index (χ0) is 13.7. The van der Waals surface area contributed by atoms with Gasteiger partial charge in [-0.05, 0) is 42.9 Å². The summed E-state index contributed by atoms with van der Waals surface area (Å²) in [5.74, 6) is 1.64. The monoisotopic (exact) mass is 279 g/mol. The smallest absolute Gasteiger partial charge is 0.0453 e. The molecular formula is C17H26ClN. The van der Waals surface area contributed by atoms with Crippen LogP contribution in [-0.4, -0.2) is 6.54 Å². The highest BCUT2D eigenvalue weighted by Gasteiger charge is 2.29. The van der Waals surface area contributed by atoms with Crippen molar-refractivity contribution in [2.75, 3.05) is 6.54 Å². The number of halogens is 1. The van der Waals surface area contributed by atoms with Gasteiger partial charge in [-0.3, -0.25) is 0 Å². The standard InChI is InChI=1S/C17H26ClN/c1-3-13-8-7-9-14(12-13)17(19-4-2)15-10-5-6-11-16(15)18/h5-6,10-11,13-14,17,19H,3-4,7-9,12H2,1-2H3. The zero-order valence-electron chi connectivity index (χ0n) is 12.2. The van der Waals surface area contributed by atoms with Gasteiger partial charge in [0.05, 0.1) is 0 Å². The van der Waals surface area contributed by atoms with E-state index in [4.69, 9.17) is 11.6 Å². The fourth-order valence-electron chi connectivity index (χ4n) is 3.48. The van der Waals surface area contributed by atoms with Gasteiger partial charge in [-0.25, -0.2) is 0 Å². The topological polar surface area (TPSA) is 12.0 Å². The van der Waals surface area contributed by atoms with Gasteiger partial charge in [0, 0.05) is 11.1 Å². The van der Waals surface area contributed by atoms with Crippen molar-refractivity contribution in [3.8, 4) is 0 Å². The average Bonchev–Trinajstić information content (AvgIpc) is 2.46. The highest BCUT2D eigenvalue weighted by Crippen LogP contribution is 2.40. The number of nitrogens with one attached hydrogen (secondary N) is 1. The van der Waals surface area contributed by atoms with Gasteiger partial charge in [-0.2, -0.15) is 0 Å². The number of hydrogen-bond donors (Lipinski definition) is 1. The second kappa shape index (κ2) is 7.31. The Morgan fingerprint density at radius 3 is 2.74 bits per heavy atom. The van der Waals surface area contributed by atoms with E-state index in [2.05, 4.69) is 31.3 Å². The molecule has 2 rings (SSSR count). The lowest BCUT2D eigenvalue weighted by Crippen LogP contribution is -2.31. The summed E-state index contributed by atoms with van der Waals surface area (Å²) < 4.78 is 0. The van der Waals surface area contributed by atoms with Gasteiger partial charge in [0.2, 0.25) is 0 Å². The minimum Gasteiger partial charge on any atom is -0.310 e. The third kappa shape index (κ3) is 3.73. The normalized spacial score (nSPS) is 25.2. The van der Waals surface area contributed by atoms with Gasteiger partial charge in [-0.1, -0.05) is 62.9 Å². The highest BCUT2D eigenvalue weighted by molar-refractivity contribution is 6.31. The van der Waals surface area contributed by atoms with Crippen LogP contribution in [0.1, 0.15) is 57.6 Å². The van der Waals surface area contributed by atoms with Crippen LogP contribution in [0.4, 0.5) is 0 Å². The summed E-state index contributed by atoms with van der Waals surface area (Å²) in [4.78, 5) is 0. The van der Waals surface area contributed by atoms with Crippen molar-refractivity contribution >= 4 is 11.6 Å². The van der Waals surface area contributed by atoms with E-state index in [0.29, 0.717) is 6.04 Å². The van der Waals surface area contributed by atoms with Gasteiger partial charge in [0.15, 0.2) is 0 Å². The molecule has 1 saturated carbocycles. The molecule has 0 radical (unpaired) electrons. The van der Waals surface area contributed by atoms with Gasteiger partial charge in [0.25, 0.3) is 0 Å². The number of rotatable bonds is 5. The first-order chi connectivity index (χ1) is 9.26. The SMILES string of the molecule is CCNC(c1ccccc1Cl)C1CCCC(CC)C1. The van der Waals surface area contributed by atoms with Crippen LogP contribution in [0.2, 0.25) is 5.02 Å². The van der Waals surface area contributed by atoms with Crippen LogP contribution in [0.15, 0.2) is 24.3 Å². The predicted molar refractivity (Wildman–Crippen MR) is 83.6 cm³/mol. The molecule has 0 spiro atoms. The van der Waals surface area contributed by atoms with Crippen LogP contribution in [0.25, 0.3) is 0 Å². The molecule has 1 N–H and O–H groups in total. The number of benzene rings is 1. The quantitative estimate of drug-likeness (QED) is 0.780. The Labute approximate surface area is 122 Å². The van der Waals surface area contributed by atoms with E-state index in [-0.39, 0.29) is 0 Å². The summed E-state index contributed by atoms with van der Waals surface area (Å²) in [6, 6.07) is 8.75. The van der Waals surface area contributed by atoms with Gasteiger partial charge >= 0.3 is 0 Å². The minimum atomic E-state index is 0.424. The van der Waals surface area contributed by atoms with Crippen molar-refractivity contribution in [2.24, 2.45) is 11.8 Å². The third-order valence-electron chi connectivity index (χ3n) is 4.54. The molecule has 1 nitrogen and oxygen atoms in total. The molecule has 19 heavy (non-hydrogen) atoms. The Balaban J connectivity index is 2.17. The lowest BCUT2D eigenvalue weighted by atomic mass is 9.75. The Hall–Kier alpha value is -0.530. The summed E-state index contributed by atoms with van der Waals surface area (Å²) in [7, 11) is 0. The van der Waals surface area contributed by atoms with Crippen LogP contribution >= 0.6 is 11.6 Å². The van der Waals surface area contributed by atoms with E-state index in [9.17, 15) is 0 Å². The largest absolute Gasteiger partial charge is 0.310 e. The van der Waals surface area contributed by atoms with E-state index < -0.39 is 0 Å². The summed E-state index contributed by atoms with van der Waals surface area (Å²) in [5, 5.41) is 4.58. The first kappa shape index (κ1) is 14.9. The van der Waals surface area contributed by atoms with Gasteiger partial charge in [0.1, 0.15) is 0 Å². The minimum absolute atomic E-state index is 0.424.